The second-order valence-corrected chi connectivity index (χ2v) is 8.99. The molecule has 0 spiro atoms. The smallest absolute Gasteiger partial charge is 0.410 e. The van der Waals surface area contributed by atoms with E-state index in [4.69, 9.17) is 9.47 Å². The fourth-order valence-corrected chi connectivity index (χ4v) is 3.82. The number of ether oxygens (including phenoxy) is 2. The average molecular weight is 389 g/mol. The van der Waals surface area contributed by atoms with Crippen molar-refractivity contribution in [3.63, 3.8) is 0 Å². The SMILES string of the molecule is COC1(C(=O)NCC2(c3ccccc3)CC2)CCN(C(=O)OC(C)(C)C)CC1. The van der Waals surface area contributed by atoms with Crippen LogP contribution in [-0.4, -0.2) is 54.8 Å². The summed E-state index contributed by atoms with van der Waals surface area (Å²) in [5, 5.41) is 3.13. The molecule has 28 heavy (non-hydrogen) atoms. The molecule has 1 saturated heterocycles. The number of hydrogen-bond acceptors (Lipinski definition) is 4. The van der Waals surface area contributed by atoms with Crippen molar-refractivity contribution in [2.45, 2.75) is 63.1 Å². The fraction of sp³-hybridized carbons (Fsp3) is 0.636. The van der Waals surface area contributed by atoms with E-state index in [1.165, 1.54) is 5.56 Å². The van der Waals surface area contributed by atoms with Crippen molar-refractivity contribution in [1.29, 1.82) is 0 Å². The molecule has 2 fully saturated rings. The first-order valence-corrected chi connectivity index (χ1v) is 10.1. The normalized spacial score (nSPS) is 20.4. The van der Waals surface area contributed by atoms with E-state index in [9.17, 15) is 9.59 Å². The standard InChI is InChI=1S/C22H32N2O4/c1-20(2,3)28-19(26)24-14-12-22(27-4,13-15-24)18(25)23-16-21(10-11-21)17-8-6-5-7-9-17/h5-9H,10-16H2,1-4H3,(H,23,25). The fourth-order valence-electron chi connectivity index (χ4n) is 3.82. The first-order valence-electron chi connectivity index (χ1n) is 10.1. The van der Waals surface area contributed by atoms with Gasteiger partial charge in [0.1, 0.15) is 11.2 Å². The molecule has 6 heteroatoms. The number of carbonyl (C=O) groups is 2. The summed E-state index contributed by atoms with van der Waals surface area (Å²) in [6.07, 6.45) is 2.77. The van der Waals surface area contributed by atoms with Crippen LogP contribution < -0.4 is 5.32 Å². The minimum absolute atomic E-state index is 0.0586. The van der Waals surface area contributed by atoms with Gasteiger partial charge in [-0.2, -0.15) is 0 Å². The Hall–Kier alpha value is -2.08. The van der Waals surface area contributed by atoms with Crippen LogP contribution >= 0.6 is 0 Å². The van der Waals surface area contributed by atoms with Gasteiger partial charge in [0, 0.05) is 45.0 Å². The van der Waals surface area contributed by atoms with Gasteiger partial charge in [-0.3, -0.25) is 4.79 Å². The molecule has 0 bridgehead atoms. The van der Waals surface area contributed by atoms with E-state index in [1.807, 2.05) is 39.0 Å². The van der Waals surface area contributed by atoms with E-state index < -0.39 is 11.2 Å². The van der Waals surface area contributed by atoms with E-state index in [-0.39, 0.29) is 17.4 Å². The Morgan fingerprint density at radius 1 is 1.07 bits per heavy atom. The predicted molar refractivity (Wildman–Crippen MR) is 107 cm³/mol. The van der Waals surface area contributed by atoms with Crippen LogP contribution in [0.2, 0.25) is 0 Å². The lowest BCUT2D eigenvalue weighted by atomic mass is 9.89. The number of rotatable bonds is 5. The Balaban J connectivity index is 1.56. The highest BCUT2D eigenvalue weighted by Gasteiger charge is 2.47. The highest BCUT2D eigenvalue weighted by atomic mass is 16.6. The molecule has 6 nitrogen and oxygen atoms in total. The summed E-state index contributed by atoms with van der Waals surface area (Å²) in [5.74, 6) is -0.0824. The van der Waals surface area contributed by atoms with Crippen LogP contribution in [0.25, 0.3) is 0 Å². The van der Waals surface area contributed by atoms with Gasteiger partial charge in [-0.15, -0.1) is 0 Å². The summed E-state index contributed by atoms with van der Waals surface area (Å²) < 4.78 is 11.1. The third kappa shape index (κ3) is 4.49. The zero-order valence-electron chi connectivity index (χ0n) is 17.4. The quantitative estimate of drug-likeness (QED) is 0.841. The molecule has 1 N–H and O–H groups in total. The number of piperidine rings is 1. The van der Waals surface area contributed by atoms with Gasteiger partial charge in [0.05, 0.1) is 0 Å². The molecule has 1 heterocycles. The van der Waals surface area contributed by atoms with Crippen LogP contribution in [0.3, 0.4) is 0 Å². The Bertz CT molecular complexity index is 699. The van der Waals surface area contributed by atoms with Crippen LogP contribution in [0, 0.1) is 0 Å². The lowest BCUT2D eigenvalue weighted by molar-refractivity contribution is -0.149. The maximum atomic E-state index is 13.0. The lowest BCUT2D eigenvalue weighted by Gasteiger charge is -2.40. The third-order valence-electron chi connectivity index (χ3n) is 5.85. The summed E-state index contributed by atoms with van der Waals surface area (Å²) >= 11 is 0. The minimum atomic E-state index is -0.884. The summed E-state index contributed by atoms with van der Waals surface area (Å²) in [7, 11) is 1.58. The van der Waals surface area contributed by atoms with Crippen LogP contribution in [-0.2, 0) is 19.7 Å². The lowest BCUT2D eigenvalue weighted by Crippen LogP contribution is -2.57. The summed E-state index contributed by atoms with van der Waals surface area (Å²) in [4.78, 5) is 26.9. The van der Waals surface area contributed by atoms with E-state index in [0.717, 1.165) is 12.8 Å². The van der Waals surface area contributed by atoms with Crippen LogP contribution in [0.5, 0.6) is 0 Å². The first-order chi connectivity index (χ1) is 13.2. The van der Waals surface area contributed by atoms with E-state index in [2.05, 4.69) is 17.4 Å². The Labute approximate surface area is 167 Å². The largest absolute Gasteiger partial charge is 0.444 e. The zero-order chi connectivity index (χ0) is 20.4. The zero-order valence-corrected chi connectivity index (χ0v) is 17.4. The molecule has 3 rings (SSSR count). The molecule has 1 aliphatic heterocycles. The van der Waals surface area contributed by atoms with Crippen LogP contribution in [0.15, 0.2) is 30.3 Å². The third-order valence-corrected chi connectivity index (χ3v) is 5.85. The second kappa shape index (κ2) is 7.74. The number of hydrogen-bond donors (Lipinski definition) is 1. The molecule has 0 unspecified atom stereocenters. The summed E-state index contributed by atoms with van der Waals surface area (Å²) in [6, 6.07) is 10.4. The Kier molecular flexibility index (Phi) is 5.71. The van der Waals surface area contributed by atoms with Gasteiger partial charge in [0.2, 0.25) is 0 Å². The first kappa shape index (κ1) is 20.6. The van der Waals surface area contributed by atoms with Crippen LogP contribution in [0.1, 0.15) is 52.0 Å². The van der Waals surface area contributed by atoms with Gasteiger partial charge < -0.3 is 19.7 Å². The van der Waals surface area contributed by atoms with Gasteiger partial charge in [-0.05, 0) is 39.2 Å². The Morgan fingerprint density at radius 3 is 2.18 bits per heavy atom. The molecule has 2 amide bonds. The number of benzene rings is 1. The number of likely N-dealkylation sites (tertiary alicyclic amines) is 1. The number of nitrogens with zero attached hydrogens (tertiary/aromatic N) is 1. The van der Waals surface area contributed by atoms with Crippen molar-refractivity contribution >= 4 is 12.0 Å². The molecular weight excluding hydrogens is 356 g/mol. The number of carbonyl (C=O) groups excluding carboxylic acids is 2. The van der Waals surface area contributed by atoms with Gasteiger partial charge in [0.25, 0.3) is 5.91 Å². The molecule has 1 aliphatic carbocycles. The topological polar surface area (TPSA) is 67.9 Å². The predicted octanol–water partition coefficient (Wildman–Crippen LogP) is 3.25. The maximum Gasteiger partial charge on any atom is 0.410 e. The van der Waals surface area contributed by atoms with Crippen molar-refractivity contribution in [3.05, 3.63) is 35.9 Å². The monoisotopic (exact) mass is 388 g/mol. The minimum Gasteiger partial charge on any atom is -0.444 e. The van der Waals surface area contributed by atoms with Crippen LogP contribution in [0.4, 0.5) is 4.79 Å². The molecular formula is C22H32N2O4. The number of amides is 2. The molecule has 0 aromatic heterocycles. The van der Waals surface area contributed by atoms with E-state index in [0.29, 0.717) is 32.5 Å². The Morgan fingerprint density at radius 2 is 1.68 bits per heavy atom. The van der Waals surface area contributed by atoms with Gasteiger partial charge >= 0.3 is 6.09 Å². The average Bonchev–Trinajstić information content (AvgIpc) is 3.47. The van der Waals surface area contributed by atoms with Crippen molar-refractivity contribution < 1.29 is 19.1 Å². The van der Waals surface area contributed by atoms with Crippen molar-refractivity contribution in [2.24, 2.45) is 0 Å². The van der Waals surface area contributed by atoms with Crippen molar-refractivity contribution in [3.8, 4) is 0 Å². The maximum absolute atomic E-state index is 13.0. The van der Waals surface area contributed by atoms with E-state index in [1.54, 1.807) is 12.0 Å². The van der Waals surface area contributed by atoms with Gasteiger partial charge in [-0.1, -0.05) is 30.3 Å². The summed E-state index contributed by atoms with van der Waals surface area (Å²) in [5.41, 5.74) is -0.0734. The molecule has 1 saturated carbocycles. The second-order valence-electron chi connectivity index (χ2n) is 8.99. The molecule has 1 aromatic rings. The number of methoxy groups -OCH3 is 1. The highest BCUT2D eigenvalue weighted by Crippen LogP contribution is 2.47. The molecule has 0 atom stereocenters. The molecule has 2 aliphatic rings. The van der Waals surface area contributed by atoms with Crippen molar-refractivity contribution in [1.82, 2.24) is 10.2 Å². The highest BCUT2D eigenvalue weighted by molar-refractivity contribution is 5.86. The number of nitrogens with one attached hydrogen (secondary N) is 1. The van der Waals surface area contributed by atoms with Gasteiger partial charge in [-0.25, -0.2) is 4.79 Å². The van der Waals surface area contributed by atoms with Crippen molar-refractivity contribution in [2.75, 3.05) is 26.7 Å². The molecule has 1 aromatic carbocycles. The molecule has 154 valence electrons. The summed E-state index contributed by atoms with van der Waals surface area (Å²) in [6.45, 7) is 7.06. The molecule has 0 radical (unpaired) electrons. The van der Waals surface area contributed by atoms with Gasteiger partial charge in [0.15, 0.2) is 0 Å². The van der Waals surface area contributed by atoms with E-state index >= 15 is 0 Å².